The third-order valence-electron chi connectivity index (χ3n) is 3.16. The average molecular weight is 296 g/mol. The Bertz CT molecular complexity index is 736. The van der Waals surface area contributed by atoms with Crippen molar-refractivity contribution in [3.05, 3.63) is 29.3 Å². The van der Waals surface area contributed by atoms with E-state index >= 15 is 0 Å². The fourth-order valence-corrected chi connectivity index (χ4v) is 4.56. The fraction of sp³-hybridized carbons (Fsp3) is 0.333. The monoisotopic (exact) mass is 296 g/mol. The fourth-order valence-electron chi connectivity index (χ4n) is 2.17. The van der Waals surface area contributed by atoms with Crippen LogP contribution < -0.4 is 5.32 Å². The van der Waals surface area contributed by atoms with E-state index < -0.39 is 9.84 Å². The first-order valence-electron chi connectivity index (χ1n) is 5.88. The van der Waals surface area contributed by atoms with Crippen LogP contribution in [0.1, 0.15) is 16.8 Å². The second kappa shape index (κ2) is 4.57. The highest BCUT2D eigenvalue weighted by atomic mass is 32.2. The number of fused-ring (bicyclic) bond motifs is 1. The minimum atomic E-state index is -2.97. The van der Waals surface area contributed by atoms with Gasteiger partial charge in [-0.3, -0.25) is 4.79 Å². The predicted octanol–water partition coefficient (Wildman–Crippen LogP) is 1.21. The Morgan fingerprint density at radius 2 is 2.26 bits per heavy atom. The summed E-state index contributed by atoms with van der Waals surface area (Å²) in [6, 6.07) is 5.02. The van der Waals surface area contributed by atoms with Crippen LogP contribution in [0.15, 0.2) is 23.7 Å². The molecule has 1 aromatic carbocycles. The number of hydrogen-bond donors (Lipinski definition) is 1. The number of carbonyl (C=O) groups is 1. The van der Waals surface area contributed by atoms with Gasteiger partial charge in [0.1, 0.15) is 0 Å². The minimum Gasteiger partial charge on any atom is -0.348 e. The Balaban J connectivity index is 1.76. The number of hydrogen-bond acceptors (Lipinski definition) is 5. The molecule has 0 spiro atoms. The maximum Gasteiger partial charge on any atom is 0.251 e. The zero-order chi connectivity index (χ0) is 13.5. The highest BCUT2D eigenvalue weighted by molar-refractivity contribution is 7.91. The quantitative estimate of drug-likeness (QED) is 0.904. The van der Waals surface area contributed by atoms with Gasteiger partial charge in [-0.05, 0) is 24.6 Å². The first-order valence-corrected chi connectivity index (χ1v) is 8.58. The molecule has 0 bridgehead atoms. The lowest BCUT2D eigenvalue weighted by Crippen LogP contribution is -2.35. The maximum absolute atomic E-state index is 12.1. The molecular weight excluding hydrogens is 284 g/mol. The molecule has 1 N–H and O–H groups in total. The minimum absolute atomic E-state index is 0.0432. The van der Waals surface area contributed by atoms with Crippen molar-refractivity contribution in [3.63, 3.8) is 0 Å². The maximum atomic E-state index is 12.1. The van der Waals surface area contributed by atoms with Crippen LogP contribution in [-0.4, -0.2) is 36.9 Å². The normalized spacial score (nSPS) is 21.6. The van der Waals surface area contributed by atoms with Gasteiger partial charge in [0.2, 0.25) is 0 Å². The first-order chi connectivity index (χ1) is 9.03. The molecule has 1 aliphatic heterocycles. The molecule has 0 radical (unpaired) electrons. The van der Waals surface area contributed by atoms with Crippen molar-refractivity contribution in [1.82, 2.24) is 10.3 Å². The van der Waals surface area contributed by atoms with E-state index in [-0.39, 0.29) is 23.5 Å². The lowest BCUT2D eigenvalue weighted by atomic mass is 10.2. The number of nitrogens with zero attached hydrogens (tertiary/aromatic N) is 1. The Morgan fingerprint density at radius 3 is 3.00 bits per heavy atom. The van der Waals surface area contributed by atoms with Gasteiger partial charge in [-0.1, -0.05) is 0 Å². The number of carbonyl (C=O) groups excluding carboxylic acids is 1. The molecule has 5 nitrogen and oxygen atoms in total. The first kappa shape index (κ1) is 12.6. The highest BCUT2D eigenvalue weighted by Gasteiger charge is 2.29. The van der Waals surface area contributed by atoms with Crippen LogP contribution in [-0.2, 0) is 9.84 Å². The van der Waals surface area contributed by atoms with Crippen LogP contribution in [0.25, 0.3) is 10.2 Å². The zero-order valence-electron chi connectivity index (χ0n) is 10.00. The molecule has 1 unspecified atom stereocenters. The van der Waals surface area contributed by atoms with Crippen molar-refractivity contribution in [3.8, 4) is 0 Å². The SMILES string of the molecule is O=C(NC1CCS(=O)(=O)C1)c1ccc2ncsc2c1. The van der Waals surface area contributed by atoms with Crippen LogP contribution >= 0.6 is 11.3 Å². The van der Waals surface area contributed by atoms with E-state index in [2.05, 4.69) is 10.3 Å². The summed E-state index contributed by atoms with van der Waals surface area (Å²) in [6.45, 7) is 0. The summed E-state index contributed by atoms with van der Waals surface area (Å²) in [7, 11) is -2.97. The summed E-state index contributed by atoms with van der Waals surface area (Å²) in [5.41, 5.74) is 3.14. The summed E-state index contributed by atoms with van der Waals surface area (Å²) in [6.07, 6.45) is 0.497. The standard InChI is InChI=1S/C12H12N2O3S2/c15-12(14-9-3-4-19(16,17)6-9)8-1-2-10-11(5-8)18-7-13-10/h1-2,5,7,9H,3-4,6H2,(H,14,15). The summed E-state index contributed by atoms with van der Waals surface area (Å²) in [4.78, 5) is 16.2. The van der Waals surface area contributed by atoms with Crippen molar-refractivity contribution >= 4 is 37.3 Å². The molecule has 1 amide bonds. The molecule has 1 atom stereocenters. The molecule has 7 heteroatoms. The van der Waals surface area contributed by atoms with Crippen molar-refractivity contribution in [1.29, 1.82) is 0 Å². The van der Waals surface area contributed by atoms with Crippen LogP contribution in [0, 0.1) is 0 Å². The van der Waals surface area contributed by atoms with E-state index in [4.69, 9.17) is 0 Å². The third-order valence-corrected chi connectivity index (χ3v) is 5.72. The topological polar surface area (TPSA) is 76.1 Å². The van der Waals surface area contributed by atoms with Gasteiger partial charge in [0, 0.05) is 11.6 Å². The van der Waals surface area contributed by atoms with Crippen LogP contribution in [0.4, 0.5) is 0 Å². The van der Waals surface area contributed by atoms with Crippen molar-refractivity contribution in [2.45, 2.75) is 12.5 Å². The highest BCUT2D eigenvalue weighted by Crippen LogP contribution is 2.19. The van der Waals surface area contributed by atoms with Gasteiger partial charge in [-0.15, -0.1) is 11.3 Å². The average Bonchev–Trinajstić information content (AvgIpc) is 2.94. The van der Waals surface area contributed by atoms with Gasteiger partial charge in [0.05, 0.1) is 27.2 Å². The Morgan fingerprint density at radius 1 is 1.42 bits per heavy atom. The van der Waals surface area contributed by atoms with Crippen LogP contribution in [0.2, 0.25) is 0 Å². The van der Waals surface area contributed by atoms with E-state index in [9.17, 15) is 13.2 Å². The number of aromatic nitrogens is 1. The molecule has 2 aromatic rings. The summed E-state index contributed by atoms with van der Waals surface area (Å²) < 4.78 is 23.6. The smallest absolute Gasteiger partial charge is 0.251 e. The molecule has 2 heterocycles. The number of amides is 1. The molecule has 0 aliphatic carbocycles. The van der Waals surface area contributed by atoms with Crippen LogP contribution in [0.5, 0.6) is 0 Å². The number of thiazole rings is 1. The van der Waals surface area contributed by atoms with E-state index in [1.807, 2.05) is 0 Å². The number of benzene rings is 1. The molecule has 1 fully saturated rings. The largest absolute Gasteiger partial charge is 0.348 e. The Hall–Kier alpha value is -1.47. The molecule has 3 rings (SSSR count). The van der Waals surface area contributed by atoms with Crippen molar-refractivity contribution in [2.75, 3.05) is 11.5 Å². The van der Waals surface area contributed by atoms with Crippen molar-refractivity contribution in [2.24, 2.45) is 0 Å². The van der Waals surface area contributed by atoms with Gasteiger partial charge in [0.15, 0.2) is 9.84 Å². The summed E-state index contributed by atoms with van der Waals surface area (Å²) in [5.74, 6) is -0.0229. The number of sulfone groups is 1. The van der Waals surface area contributed by atoms with E-state index in [0.29, 0.717) is 12.0 Å². The molecule has 1 saturated heterocycles. The molecule has 1 aromatic heterocycles. The van der Waals surface area contributed by atoms with Gasteiger partial charge in [0.25, 0.3) is 5.91 Å². The second-order valence-corrected chi connectivity index (χ2v) is 7.72. The van der Waals surface area contributed by atoms with Gasteiger partial charge in [-0.25, -0.2) is 13.4 Å². The van der Waals surface area contributed by atoms with E-state index in [1.165, 1.54) is 11.3 Å². The van der Waals surface area contributed by atoms with Crippen LogP contribution in [0.3, 0.4) is 0 Å². The van der Waals surface area contributed by atoms with Gasteiger partial charge >= 0.3 is 0 Å². The Labute approximate surface area is 114 Å². The summed E-state index contributed by atoms with van der Waals surface area (Å²) in [5, 5.41) is 2.77. The number of rotatable bonds is 2. The second-order valence-electron chi connectivity index (χ2n) is 4.61. The molecule has 19 heavy (non-hydrogen) atoms. The Kier molecular flexibility index (Phi) is 3.02. The van der Waals surface area contributed by atoms with E-state index in [1.54, 1.807) is 23.7 Å². The van der Waals surface area contributed by atoms with Gasteiger partial charge < -0.3 is 5.32 Å². The molecule has 0 saturated carbocycles. The molecular formula is C12H12N2O3S2. The lowest BCUT2D eigenvalue weighted by molar-refractivity contribution is 0.0941. The van der Waals surface area contributed by atoms with Gasteiger partial charge in [-0.2, -0.15) is 0 Å². The molecule has 1 aliphatic rings. The molecule has 100 valence electrons. The lowest BCUT2D eigenvalue weighted by Gasteiger charge is -2.10. The van der Waals surface area contributed by atoms with E-state index in [0.717, 1.165) is 10.2 Å². The van der Waals surface area contributed by atoms with Crippen molar-refractivity contribution < 1.29 is 13.2 Å². The third kappa shape index (κ3) is 2.62. The zero-order valence-corrected chi connectivity index (χ0v) is 11.6. The number of nitrogens with one attached hydrogen (secondary N) is 1. The predicted molar refractivity (Wildman–Crippen MR) is 74.1 cm³/mol. The summed E-state index contributed by atoms with van der Waals surface area (Å²) >= 11 is 1.47.